The summed E-state index contributed by atoms with van der Waals surface area (Å²) in [5.41, 5.74) is 0.652. The third-order valence-corrected chi connectivity index (χ3v) is 3.11. The highest BCUT2D eigenvalue weighted by molar-refractivity contribution is 5.95. The van der Waals surface area contributed by atoms with Crippen LogP contribution in [0, 0.1) is 0 Å². The number of aromatic nitrogens is 2. The van der Waals surface area contributed by atoms with Crippen LogP contribution in [-0.4, -0.2) is 41.9 Å². The number of benzene rings is 1. The average molecular weight is 300 g/mol. The van der Waals surface area contributed by atoms with E-state index >= 15 is 0 Å². The lowest BCUT2D eigenvalue weighted by atomic mass is 10.2. The molecule has 7 heteroatoms. The number of nitrogens with one attached hydrogen (secondary N) is 2. The van der Waals surface area contributed by atoms with E-state index in [-0.39, 0.29) is 11.9 Å². The lowest BCUT2D eigenvalue weighted by Crippen LogP contribution is -2.48. The molecule has 114 valence electrons. The summed E-state index contributed by atoms with van der Waals surface area (Å²) < 4.78 is 10.9. The van der Waals surface area contributed by atoms with Gasteiger partial charge in [0.1, 0.15) is 11.8 Å². The number of hydrogen-bond acceptors (Lipinski definition) is 6. The van der Waals surface area contributed by atoms with E-state index < -0.39 is 0 Å². The minimum atomic E-state index is -0.335. The molecule has 1 atom stereocenters. The first-order chi connectivity index (χ1) is 10.8. The summed E-state index contributed by atoms with van der Waals surface area (Å²) in [5, 5.41) is 13.5. The number of nitrogens with zero attached hydrogens (tertiary/aromatic N) is 2. The normalized spacial score (nSPS) is 17.7. The van der Waals surface area contributed by atoms with Gasteiger partial charge >= 0.3 is 0 Å². The Kier molecular flexibility index (Phi) is 4.57. The number of amides is 1. The van der Waals surface area contributed by atoms with Gasteiger partial charge < -0.3 is 20.1 Å². The number of rotatable bonds is 4. The highest BCUT2D eigenvalue weighted by atomic mass is 16.5. The zero-order chi connectivity index (χ0) is 15.2. The SMILES string of the molecule is O=C(Nc1cccc(Oc2cccnn2)c1)C1COCCN1. The van der Waals surface area contributed by atoms with Gasteiger partial charge in [0.2, 0.25) is 11.8 Å². The number of carbonyl (C=O) groups is 1. The predicted molar refractivity (Wildman–Crippen MR) is 79.8 cm³/mol. The van der Waals surface area contributed by atoms with Crippen LogP contribution >= 0.6 is 0 Å². The smallest absolute Gasteiger partial charge is 0.243 e. The van der Waals surface area contributed by atoms with Crippen molar-refractivity contribution in [2.24, 2.45) is 0 Å². The molecule has 0 aliphatic carbocycles. The minimum Gasteiger partial charge on any atom is -0.437 e. The van der Waals surface area contributed by atoms with Crippen molar-refractivity contribution < 1.29 is 14.3 Å². The lowest BCUT2D eigenvalue weighted by molar-refractivity contribution is -0.120. The van der Waals surface area contributed by atoms with Crippen molar-refractivity contribution in [3.8, 4) is 11.6 Å². The van der Waals surface area contributed by atoms with E-state index in [0.29, 0.717) is 37.1 Å². The van der Waals surface area contributed by atoms with Gasteiger partial charge in [-0.05, 0) is 18.2 Å². The van der Waals surface area contributed by atoms with E-state index in [4.69, 9.17) is 9.47 Å². The summed E-state index contributed by atoms with van der Waals surface area (Å²) in [4.78, 5) is 12.1. The fourth-order valence-corrected chi connectivity index (χ4v) is 2.06. The second-order valence-corrected chi connectivity index (χ2v) is 4.76. The summed E-state index contributed by atoms with van der Waals surface area (Å²) >= 11 is 0. The third kappa shape index (κ3) is 3.78. The van der Waals surface area contributed by atoms with E-state index in [1.807, 2.05) is 0 Å². The number of anilines is 1. The molecule has 0 radical (unpaired) electrons. The van der Waals surface area contributed by atoms with Gasteiger partial charge in [0.05, 0.1) is 13.2 Å². The molecule has 1 aliphatic heterocycles. The third-order valence-electron chi connectivity index (χ3n) is 3.11. The molecule has 0 spiro atoms. The Morgan fingerprint density at radius 1 is 1.36 bits per heavy atom. The fraction of sp³-hybridized carbons (Fsp3) is 0.267. The van der Waals surface area contributed by atoms with Crippen LogP contribution in [0.5, 0.6) is 11.6 Å². The van der Waals surface area contributed by atoms with Gasteiger partial charge in [-0.15, -0.1) is 5.10 Å². The van der Waals surface area contributed by atoms with Crippen molar-refractivity contribution in [2.45, 2.75) is 6.04 Å². The van der Waals surface area contributed by atoms with Gasteiger partial charge in [-0.3, -0.25) is 4.79 Å². The zero-order valence-electron chi connectivity index (χ0n) is 11.9. The van der Waals surface area contributed by atoms with Crippen molar-refractivity contribution in [1.29, 1.82) is 0 Å². The van der Waals surface area contributed by atoms with Crippen molar-refractivity contribution in [3.63, 3.8) is 0 Å². The monoisotopic (exact) mass is 300 g/mol. The van der Waals surface area contributed by atoms with Gasteiger partial charge in [-0.25, -0.2) is 0 Å². The molecule has 0 bridgehead atoms. The van der Waals surface area contributed by atoms with Crippen LogP contribution in [-0.2, 0) is 9.53 Å². The molecule has 2 heterocycles. The molecule has 1 aliphatic rings. The molecule has 1 saturated heterocycles. The van der Waals surface area contributed by atoms with Crippen LogP contribution in [0.4, 0.5) is 5.69 Å². The molecule has 7 nitrogen and oxygen atoms in total. The van der Waals surface area contributed by atoms with E-state index in [0.717, 1.165) is 0 Å². The molecule has 2 aromatic rings. The largest absolute Gasteiger partial charge is 0.437 e. The molecule has 1 amide bonds. The highest BCUT2D eigenvalue weighted by Gasteiger charge is 2.21. The molecule has 0 saturated carbocycles. The molecule has 1 aromatic carbocycles. The Morgan fingerprint density at radius 3 is 3.09 bits per heavy atom. The lowest BCUT2D eigenvalue weighted by Gasteiger charge is -2.22. The molecular weight excluding hydrogens is 284 g/mol. The topological polar surface area (TPSA) is 85.4 Å². The highest BCUT2D eigenvalue weighted by Crippen LogP contribution is 2.22. The van der Waals surface area contributed by atoms with E-state index in [1.165, 1.54) is 0 Å². The number of ether oxygens (including phenoxy) is 2. The molecular formula is C15H16N4O3. The summed E-state index contributed by atoms with van der Waals surface area (Å²) in [6.07, 6.45) is 1.57. The van der Waals surface area contributed by atoms with Crippen LogP contribution in [0.2, 0.25) is 0 Å². The maximum Gasteiger partial charge on any atom is 0.243 e. The summed E-state index contributed by atoms with van der Waals surface area (Å²) in [5.74, 6) is 0.843. The molecule has 22 heavy (non-hydrogen) atoms. The Labute approximate surface area is 127 Å². The maximum atomic E-state index is 12.1. The van der Waals surface area contributed by atoms with Crippen molar-refractivity contribution in [3.05, 3.63) is 42.6 Å². The number of hydrogen-bond donors (Lipinski definition) is 2. The van der Waals surface area contributed by atoms with Crippen molar-refractivity contribution in [2.75, 3.05) is 25.1 Å². The molecule has 3 rings (SSSR count). The minimum absolute atomic E-state index is 0.128. The van der Waals surface area contributed by atoms with Gasteiger partial charge in [0.15, 0.2) is 0 Å². The molecule has 1 aromatic heterocycles. The first-order valence-corrected chi connectivity index (χ1v) is 6.99. The van der Waals surface area contributed by atoms with E-state index in [1.54, 1.807) is 42.6 Å². The van der Waals surface area contributed by atoms with Crippen molar-refractivity contribution in [1.82, 2.24) is 15.5 Å². The van der Waals surface area contributed by atoms with Gasteiger partial charge in [0, 0.05) is 30.6 Å². The number of carbonyl (C=O) groups excluding carboxylic acids is 1. The fourth-order valence-electron chi connectivity index (χ4n) is 2.06. The molecule has 2 N–H and O–H groups in total. The second kappa shape index (κ2) is 6.97. The van der Waals surface area contributed by atoms with Crippen LogP contribution in [0.3, 0.4) is 0 Å². The average Bonchev–Trinajstić information content (AvgIpc) is 2.57. The Balaban J connectivity index is 1.64. The van der Waals surface area contributed by atoms with Gasteiger partial charge in [0.25, 0.3) is 0 Å². The van der Waals surface area contributed by atoms with E-state index in [2.05, 4.69) is 20.8 Å². The summed E-state index contributed by atoms with van der Waals surface area (Å²) in [6.45, 7) is 1.68. The maximum absolute atomic E-state index is 12.1. The first-order valence-electron chi connectivity index (χ1n) is 6.99. The van der Waals surface area contributed by atoms with Crippen LogP contribution < -0.4 is 15.4 Å². The second-order valence-electron chi connectivity index (χ2n) is 4.76. The first kappa shape index (κ1) is 14.4. The Morgan fingerprint density at radius 2 is 2.32 bits per heavy atom. The Bertz CT molecular complexity index is 630. The Hall–Kier alpha value is -2.51. The van der Waals surface area contributed by atoms with Crippen LogP contribution in [0.1, 0.15) is 0 Å². The van der Waals surface area contributed by atoms with Crippen molar-refractivity contribution >= 4 is 11.6 Å². The quantitative estimate of drug-likeness (QED) is 0.882. The summed E-state index contributed by atoms with van der Waals surface area (Å²) in [7, 11) is 0. The van der Waals surface area contributed by atoms with Gasteiger partial charge in [-0.2, -0.15) is 5.10 Å². The predicted octanol–water partition coefficient (Wildman–Crippen LogP) is 1.20. The zero-order valence-corrected chi connectivity index (χ0v) is 11.9. The standard InChI is InChI=1S/C15H16N4O3/c20-15(13-10-21-8-7-16-13)18-11-3-1-4-12(9-11)22-14-5-2-6-17-19-14/h1-6,9,13,16H,7-8,10H2,(H,18,20). The van der Waals surface area contributed by atoms with Crippen LogP contribution in [0.25, 0.3) is 0 Å². The molecule has 1 unspecified atom stereocenters. The summed E-state index contributed by atoms with van der Waals surface area (Å²) in [6, 6.07) is 10.2. The molecule has 1 fully saturated rings. The van der Waals surface area contributed by atoms with E-state index in [9.17, 15) is 4.79 Å². The number of morpholine rings is 1. The van der Waals surface area contributed by atoms with Crippen LogP contribution in [0.15, 0.2) is 42.6 Å². The van der Waals surface area contributed by atoms with Gasteiger partial charge in [-0.1, -0.05) is 6.07 Å².